The number of nitrogens with zero attached hydrogens (tertiary/aromatic N) is 1. The lowest BCUT2D eigenvalue weighted by atomic mass is 10.5. The van der Waals surface area contributed by atoms with Crippen LogP contribution in [0.15, 0.2) is 12.0 Å². The number of rotatable bonds is 5. The highest BCUT2D eigenvalue weighted by atomic mass is 16.5. The third kappa shape index (κ3) is 5.11. The monoisotopic (exact) mass is 187 g/mol. The largest absolute Gasteiger partial charge is 0.479 e. The zero-order valence-electron chi connectivity index (χ0n) is 8.66. The van der Waals surface area contributed by atoms with Crippen molar-refractivity contribution in [3.8, 4) is 0 Å². The standard InChI is InChI=1S/C9H17NO3/c1-5-12-8(10(3)4)7-9(11)13-6-2/h7H,5-6H2,1-4H3/b8-7-. The molecular formula is C9H17NO3. The van der Waals surface area contributed by atoms with Crippen LogP contribution in [0.25, 0.3) is 0 Å². The number of hydrogen-bond acceptors (Lipinski definition) is 4. The van der Waals surface area contributed by atoms with Crippen molar-refractivity contribution in [1.29, 1.82) is 0 Å². The van der Waals surface area contributed by atoms with E-state index in [1.165, 1.54) is 6.08 Å². The number of ether oxygens (including phenoxy) is 2. The van der Waals surface area contributed by atoms with Crippen LogP contribution in [0, 0.1) is 0 Å². The van der Waals surface area contributed by atoms with E-state index in [-0.39, 0.29) is 5.97 Å². The van der Waals surface area contributed by atoms with Crippen LogP contribution in [0.2, 0.25) is 0 Å². The maximum Gasteiger partial charge on any atom is 0.336 e. The fourth-order valence-corrected chi connectivity index (χ4v) is 0.732. The Balaban J connectivity index is 4.25. The molecule has 13 heavy (non-hydrogen) atoms. The molecule has 0 spiro atoms. The first kappa shape index (κ1) is 11.8. The second kappa shape index (κ2) is 6.34. The van der Waals surface area contributed by atoms with Crippen molar-refractivity contribution < 1.29 is 14.3 Å². The fraction of sp³-hybridized carbons (Fsp3) is 0.667. The van der Waals surface area contributed by atoms with E-state index in [1.807, 2.05) is 6.92 Å². The van der Waals surface area contributed by atoms with Crippen molar-refractivity contribution >= 4 is 5.97 Å². The summed E-state index contributed by atoms with van der Waals surface area (Å²) in [5.74, 6) is 0.139. The molecule has 0 aromatic carbocycles. The van der Waals surface area contributed by atoms with Gasteiger partial charge in [-0.15, -0.1) is 0 Å². The van der Waals surface area contributed by atoms with Gasteiger partial charge in [0, 0.05) is 14.1 Å². The second-order valence-electron chi connectivity index (χ2n) is 2.56. The van der Waals surface area contributed by atoms with Crippen LogP contribution in [-0.4, -0.2) is 38.2 Å². The molecule has 0 saturated heterocycles. The zero-order valence-corrected chi connectivity index (χ0v) is 8.66. The van der Waals surface area contributed by atoms with Crippen molar-refractivity contribution in [3.05, 3.63) is 12.0 Å². The molecule has 4 nitrogen and oxygen atoms in total. The summed E-state index contributed by atoms with van der Waals surface area (Å²) in [6.07, 6.45) is 1.34. The van der Waals surface area contributed by atoms with Gasteiger partial charge in [-0.05, 0) is 13.8 Å². The van der Waals surface area contributed by atoms with Crippen LogP contribution < -0.4 is 0 Å². The molecule has 0 aromatic rings. The predicted molar refractivity (Wildman–Crippen MR) is 50.0 cm³/mol. The third-order valence-electron chi connectivity index (χ3n) is 1.26. The van der Waals surface area contributed by atoms with Crippen LogP contribution in [0.5, 0.6) is 0 Å². The molecule has 0 radical (unpaired) electrons. The maximum atomic E-state index is 11.0. The van der Waals surface area contributed by atoms with Gasteiger partial charge in [0.25, 0.3) is 0 Å². The van der Waals surface area contributed by atoms with Crippen LogP contribution in [0.3, 0.4) is 0 Å². The maximum absolute atomic E-state index is 11.0. The lowest BCUT2D eigenvalue weighted by molar-refractivity contribution is -0.137. The van der Waals surface area contributed by atoms with Gasteiger partial charge in [-0.25, -0.2) is 4.79 Å². The summed E-state index contributed by atoms with van der Waals surface area (Å²) < 4.78 is 9.95. The molecule has 0 unspecified atom stereocenters. The summed E-state index contributed by atoms with van der Waals surface area (Å²) in [6, 6.07) is 0. The summed E-state index contributed by atoms with van der Waals surface area (Å²) in [4.78, 5) is 12.8. The van der Waals surface area contributed by atoms with Gasteiger partial charge in [-0.1, -0.05) is 0 Å². The Kier molecular flexibility index (Phi) is 5.76. The Morgan fingerprint density at radius 2 is 1.77 bits per heavy atom. The Morgan fingerprint density at radius 3 is 2.15 bits per heavy atom. The molecule has 0 fully saturated rings. The van der Waals surface area contributed by atoms with Crippen molar-refractivity contribution in [1.82, 2.24) is 4.90 Å². The van der Waals surface area contributed by atoms with E-state index < -0.39 is 0 Å². The molecule has 0 aliphatic rings. The normalized spacial score (nSPS) is 10.9. The van der Waals surface area contributed by atoms with Crippen molar-refractivity contribution in [3.63, 3.8) is 0 Å². The molecule has 0 aliphatic heterocycles. The van der Waals surface area contributed by atoms with Crippen LogP contribution in [-0.2, 0) is 14.3 Å². The molecular weight excluding hydrogens is 170 g/mol. The van der Waals surface area contributed by atoms with E-state index in [2.05, 4.69) is 0 Å². The van der Waals surface area contributed by atoms with E-state index in [4.69, 9.17) is 9.47 Å². The van der Waals surface area contributed by atoms with Gasteiger partial charge in [0.05, 0.1) is 19.3 Å². The Bertz CT molecular complexity index is 187. The minimum absolute atomic E-state index is 0.375. The minimum Gasteiger partial charge on any atom is -0.479 e. The van der Waals surface area contributed by atoms with Gasteiger partial charge < -0.3 is 14.4 Å². The molecule has 0 aromatic heterocycles. The minimum atomic E-state index is -0.375. The smallest absolute Gasteiger partial charge is 0.336 e. The van der Waals surface area contributed by atoms with Crippen molar-refractivity contribution in [2.75, 3.05) is 27.3 Å². The van der Waals surface area contributed by atoms with Gasteiger partial charge >= 0.3 is 5.97 Å². The van der Waals surface area contributed by atoms with Crippen LogP contribution >= 0.6 is 0 Å². The first-order chi connectivity index (χ1) is 6.11. The summed E-state index contributed by atoms with van der Waals surface area (Å²) in [6.45, 7) is 4.54. The lowest BCUT2D eigenvalue weighted by Gasteiger charge is -2.16. The van der Waals surface area contributed by atoms with E-state index in [9.17, 15) is 4.79 Å². The molecule has 0 atom stereocenters. The Morgan fingerprint density at radius 1 is 1.23 bits per heavy atom. The van der Waals surface area contributed by atoms with E-state index >= 15 is 0 Å². The van der Waals surface area contributed by atoms with Gasteiger partial charge in [-0.2, -0.15) is 0 Å². The van der Waals surface area contributed by atoms with Gasteiger partial charge in [-0.3, -0.25) is 0 Å². The summed E-state index contributed by atoms with van der Waals surface area (Å²) in [5, 5.41) is 0. The topological polar surface area (TPSA) is 38.8 Å². The molecule has 0 rings (SSSR count). The molecule has 76 valence electrons. The number of carbonyl (C=O) groups is 1. The number of esters is 1. The average Bonchev–Trinajstić information content (AvgIpc) is 2.04. The van der Waals surface area contributed by atoms with Crippen LogP contribution in [0.4, 0.5) is 0 Å². The predicted octanol–water partition coefficient (Wildman–Crippen LogP) is 0.989. The first-order valence-corrected chi connectivity index (χ1v) is 4.30. The van der Waals surface area contributed by atoms with Crippen molar-refractivity contribution in [2.24, 2.45) is 0 Å². The number of hydrogen-bond donors (Lipinski definition) is 0. The SMILES string of the molecule is CCOC(=O)/C=C(\OCC)N(C)C. The van der Waals surface area contributed by atoms with E-state index in [0.29, 0.717) is 19.1 Å². The van der Waals surface area contributed by atoms with Crippen LogP contribution in [0.1, 0.15) is 13.8 Å². The molecule has 0 N–H and O–H groups in total. The molecule has 0 bridgehead atoms. The highest BCUT2D eigenvalue weighted by Crippen LogP contribution is 2.00. The molecule has 0 saturated carbocycles. The summed E-state index contributed by atoms with van der Waals surface area (Å²) in [5.41, 5.74) is 0. The molecule has 0 aliphatic carbocycles. The van der Waals surface area contributed by atoms with Crippen molar-refractivity contribution in [2.45, 2.75) is 13.8 Å². The summed E-state index contributed by atoms with van der Waals surface area (Å²) >= 11 is 0. The van der Waals surface area contributed by atoms with Gasteiger partial charge in [0.2, 0.25) is 0 Å². The van der Waals surface area contributed by atoms with Gasteiger partial charge in [0.1, 0.15) is 0 Å². The van der Waals surface area contributed by atoms with E-state index in [0.717, 1.165) is 0 Å². The molecule has 0 amide bonds. The average molecular weight is 187 g/mol. The Labute approximate surface area is 79.1 Å². The second-order valence-corrected chi connectivity index (χ2v) is 2.56. The highest BCUT2D eigenvalue weighted by molar-refractivity contribution is 5.82. The quantitative estimate of drug-likeness (QED) is 0.365. The third-order valence-corrected chi connectivity index (χ3v) is 1.26. The molecule has 0 heterocycles. The summed E-state index contributed by atoms with van der Waals surface area (Å²) in [7, 11) is 3.61. The van der Waals surface area contributed by atoms with Gasteiger partial charge in [0.15, 0.2) is 5.88 Å². The fourth-order valence-electron chi connectivity index (χ4n) is 0.732. The Hall–Kier alpha value is -1.19. The first-order valence-electron chi connectivity index (χ1n) is 4.30. The number of carbonyl (C=O) groups excluding carboxylic acids is 1. The highest BCUT2D eigenvalue weighted by Gasteiger charge is 2.04. The molecule has 4 heteroatoms. The zero-order chi connectivity index (χ0) is 10.3. The van der Waals surface area contributed by atoms with E-state index in [1.54, 1.807) is 25.9 Å². The lowest BCUT2D eigenvalue weighted by Crippen LogP contribution is -2.16.